The maximum atomic E-state index is 12.9. The lowest BCUT2D eigenvalue weighted by atomic mass is 10.0. The van der Waals surface area contributed by atoms with E-state index in [0.29, 0.717) is 26.2 Å². The van der Waals surface area contributed by atoms with Crippen LogP contribution in [0.5, 0.6) is 0 Å². The Balaban J connectivity index is 1.41. The molecule has 8 N–H and O–H groups in total. The normalized spacial score (nSPS) is 22.4. The number of carbonyl (C=O) groups is 4. The van der Waals surface area contributed by atoms with E-state index in [2.05, 4.69) is 25.7 Å². The number of fused-ring (bicyclic) bond motifs is 1. The zero-order valence-corrected chi connectivity index (χ0v) is 21.9. The molecule has 0 bridgehead atoms. The molecule has 1 unspecified atom stereocenters. The summed E-state index contributed by atoms with van der Waals surface area (Å²) in [6.07, 6.45) is 1.21. The summed E-state index contributed by atoms with van der Waals surface area (Å²) in [5.41, 5.74) is 16.9. The first-order valence-corrected chi connectivity index (χ1v) is 13.4. The third-order valence-corrected chi connectivity index (χ3v) is 8.17. The highest BCUT2D eigenvalue weighted by Gasteiger charge is 2.54. The first-order valence-electron chi connectivity index (χ1n) is 11.5. The highest BCUT2D eigenvalue weighted by atomic mass is 32.2. The third kappa shape index (κ3) is 5.68. The topological polar surface area (TPSA) is 255 Å². The summed E-state index contributed by atoms with van der Waals surface area (Å²) in [4.78, 5) is 68.8. The van der Waals surface area contributed by atoms with Crippen LogP contribution in [0, 0.1) is 4.91 Å². The van der Waals surface area contributed by atoms with Crippen LogP contribution in [0.2, 0.25) is 0 Å². The van der Waals surface area contributed by atoms with Crippen molar-refractivity contribution in [1.82, 2.24) is 25.0 Å². The number of hydrogen-bond donors (Lipinski definition) is 5. The Bertz CT molecular complexity index is 1270. The molecule has 0 aromatic carbocycles. The van der Waals surface area contributed by atoms with Crippen molar-refractivity contribution in [2.45, 2.75) is 17.5 Å². The molecular formula is C20H25N11O6S2. The van der Waals surface area contributed by atoms with Gasteiger partial charge >= 0.3 is 5.97 Å². The molecule has 0 spiro atoms. The van der Waals surface area contributed by atoms with Crippen LogP contribution in [0.4, 0.5) is 5.13 Å². The highest BCUT2D eigenvalue weighted by molar-refractivity contribution is 8.00. The quantitative estimate of drug-likeness (QED) is 0.0715. The molecule has 3 atom stereocenters. The fourth-order valence-corrected chi connectivity index (χ4v) is 6.05. The molecular weight excluding hydrogens is 554 g/mol. The predicted octanol–water partition coefficient (Wildman–Crippen LogP) is -2.33. The summed E-state index contributed by atoms with van der Waals surface area (Å²) in [5.74, 6) is -2.79. The van der Waals surface area contributed by atoms with Gasteiger partial charge in [-0.25, -0.2) is 9.78 Å². The summed E-state index contributed by atoms with van der Waals surface area (Å²) >= 11 is 2.24. The molecule has 0 aliphatic carbocycles. The molecule has 39 heavy (non-hydrogen) atoms. The third-order valence-electron chi connectivity index (χ3n) is 6.18. The van der Waals surface area contributed by atoms with Crippen molar-refractivity contribution in [2.75, 3.05) is 44.2 Å². The molecule has 19 heteroatoms. The van der Waals surface area contributed by atoms with Crippen LogP contribution < -0.4 is 22.5 Å². The Hall–Kier alpha value is -4.10. The van der Waals surface area contributed by atoms with Gasteiger partial charge in [0.1, 0.15) is 17.1 Å². The van der Waals surface area contributed by atoms with Crippen molar-refractivity contribution in [2.24, 2.45) is 26.8 Å². The van der Waals surface area contributed by atoms with Gasteiger partial charge in [0, 0.05) is 42.9 Å². The zero-order chi connectivity index (χ0) is 28.3. The van der Waals surface area contributed by atoms with E-state index in [0.717, 1.165) is 16.2 Å². The zero-order valence-electron chi connectivity index (χ0n) is 20.3. The van der Waals surface area contributed by atoms with Crippen LogP contribution in [-0.2, 0) is 19.2 Å². The molecule has 0 radical (unpaired) electrons. The Morgan fingerprint density at radius 3 is 2.54 bits per heavy atom. The van der Waals surface area contributed by atoms with Crippen LogP contribution in [0.1, 0.15) is 11.7 Å². The van der Waals surface area contributed by atoms with Gasteiger partial charge in [0.25, 0.3) is 11.8 Å². The number of carboxylic acid groups (broad SMARTS) is 1. The van der Waals surface area contributed by atoms with Gasteiger partial charge in [-0.2, -0.15) is 5.10 Å². The lowest BCUT2D eigenvalue weighted by molar-refractivity contribution is -0.150. The van der Waals surface area contributed by atoms with Gasteiger partial charge in [-0.1, -0.05) is 0 Å². The number of thiazole rings is 1. The second-order valence-electron chi connectivity index (χ2n) is 8.47. The van der Waals surface area contributed by atoms with Gasteiger partial charge < -0.3 is 37.4 Å². The number of amides is 3. The molecule has 3 aliphatic heterocycles. The molecule has 1 aromatic rings. The fourth-order valence-electron chi connectivity index (χ4n) is 4.17. The Labute approximate surface area is 229 Å². The summed E-state index contributed by atoms with van der Waals surface area (Å²) in [6.45, 7) is 1.65. The maximum Gasteiger partial charge on any atom is 0.353 e. The number of rotatable bonds is 8. The minimum Gasteiger partial charge on any atom is -0.477 e. The first-order chi connectivity index (χ1) is 18.7. The SMILES string of the molecule is NCC(=O)N1CCN(C(N)=NN=CC2=C(C(=O)O)N3C(=O)[C@@H](NC(=O)C(N=O)c4csc(N)n4)[C@H]3SC2)CC1. The minimum atomic E-state index is -1.50. The van der Waals surface area contributed by atoms with Crippen LogP contribution >= 0.6 is 23.1 Å². The van der Waals surface area contributed by atoms with Gasteiger partial charge in [-0.05, 0) is 5.18 Å². The average Bonchev–Trinajstić information content (AvgIpc) is 3.36. The van der Waals surface area contributed by atoms with Crippen molar-refractivity contribution in [3.63, 3.8) is 0 Å². The number of nitroso groups, excluding NO2 is 1. The number of nitrogen functional groups attached to an aromatic ring is 1. The van der Waals surface area contributed by atoms with E-state index < -0.39 is 35.2 Å². The van der Waals surface area contributed by atoms with Crippen LogP contribution in [0.15, 0.2) is 32.0 Å². The molecule has 3 amide bonds. The smallest absolute Gasteiger partial charge is 0.353 e. The number of carbonyl (C=O) groups excluding carboxylic acids is 3. The maximum absolute atomic E-state index is 12.9. The minimum absolute atomic E-state index is 0.0558. The van der Waals surface area contributed by atoms with E-state index in [-0.39, 0.29) is 46.3 Å². The predicted molar refractivity (Wildman–Crippen MR) is 142 cm³/mol. The number of carboxylic acids is 1. The highest BCUT2D eigenvalue weighted by Crippen LogP contribution is 2.40. The van der Waals surface area contributed by atoms with E-state index in [1.165, 1.54) is 23.4 Å². The number of nitrogens with two attached hydrogens (primary N) is 3. The van der Waals surface area contributed by atoms with Gasteiger partial charge in [-0.3, -0.25) is 19.3 Å². The van der Waals surface area contributed by atoms with Gasteiger partial charge in [0.15, 0.2) is 5.13 Å². The molecule has 208 valence electrons. The van der Waals surface area contributed by atoms with Gasteiger partial charge in [-0.15, -0.1) is 33.1 Å². The van der Waals surface area contributed by atoms with Crippen molar-refractivity contribution in [3.8, 4) is 0 Å². The number of hydrogen-bond acceptors (Lipinski definition) is 13. The van der Waals surface area contributed by atoms with Gasteiger partial charge in [0.2, 0.25) is 17.9 Å². The van der Waals surface area contributed by atoms with Crippen LogP contribution in [-0.4, -0.2) is 111 Å². The summed E-state index contributed by atoms with van der Waals surface area (Å²) in [7, 11) is 0. The van der Waals surface area contributed by atoms with E-state index in [4.69, 9.17) is 17.2 Å². The average molecular weight is 580 g/mol. The van der Waals surface area contributed by atoms with Crippen molar-refractivity contribution >= 4 is 64.1 Å². The van der Waals surface area contributed by atoms with Gasteiger partial charge in [0.05, 0.1) is 18.5 Å². The molecule has 2 saturated heterocycles. The Morgan fingerprint density at radius 1 is 1.26 bits per heavy atom. The van der Waals surface area contributed by atoms with E-state index >= 15 is 0 Å². The number of piperazine rings is 1. The molecule has 17 nitrogen and oxygen atoms in total. The van der Waals surface area contributed by atoms with Crippen molar-refractivity contribution < 1.29 is 24.3 Å². The second kappa shape index (κ2) is 11.7. The van der Waals surface area contributed by atoms with Crippen LogP contribution in [0.3, 0.4) is 0 Å². The Kier molecular flexibility index (Phi) is 8.41. The first kappa shape index (κ1) is 27.9. The fraction of sp³-hybridized carbons (Fsp3) is 0.450. The second-order valence-corrected chi connectivity index (χ2v) is 10.5. The molecule has 3 aliphatic rings. The van der Waals surface area contributed by atoms with E-state index in [1.807, 2.05) is 0 Å². The number of anilines is 1. The molecule has 0 saturated carbocycles. The van der Waals surface area contributed by atoms with E-state index in [9.17, 15) is 29.2 Å². The molecule has 1 aromatic heterocycles. The molecule has 2 fully saturated rings. The number of guanidine groups is 1. The number of nitrogens with zero attached hydrogens (tertiary/aromatic N) is 7. The molecule has 4 heterocycles. The summed E-state index contributed by atoms with van der Waals surface area (Å²) in [6, 6.07) is -2.56. The number of nitrogens with one attached hydrogen (secondary N) is 1. The number of thioether (sulfide) groups is 1. The summed E-state index contributed by atoms with van der Waals surface area (Å²) < 4.78 is 0. The lowest BCUT2D eigenvalue weighted by Crippen LogP contribution is -2.70. The standard InChI is InChI=1S/C20H25N11O6S2/c21-5-11(32)29-1-3-30(4-2-29)19(22)27-24-6-9-7-38-17-13(16(34)31(17)14(9)18(35)36)26-15(33)12(28-37)10-8-39-20(23)25-10/h6,8,12-13,17H,1-5,7,21H2,(H2,22,27)(H2,23,25)(H,26,33)(H,35,36)/t12?,13-,17-/m1/s1. The lowest BCUT2D eigenvalue weighted by Gasteiger charge is -2.49. The van der Waals surface area contributed by atoms with Crippen LogP contribution in [0.25, 0.3) is 0 Å². The number of β-lactam (4-membered cyclic amide) rings is 1. The van der Waals surface area contributed by atoms with Crippen molar-refractivity contribution in [1.29, 1.82) is 0 Å². The largest absolute Gasteiger partial charge is 0.477 e. The van der Waals surface area contributed by atoms with Crippen molar-refractivity contribution in [3.05, 3.63) is 27.3 Å². The number of aliphatic carboxylic acids is 1. The molecule has 4 rings (SSSR count). The monoisotopic (exact) mass is 579 g/mol. The summed E-state index contributed by atoms with van der Waals surface area (Å²) in [5, 5.41) is 23.8. The van der Waals surface area contributed by atoms with E-state index in [1.54, 1.807) is 9.80 Å². The Morgan fingerprint density at radius 2 is 1.95 bits per heavy atom. The number of aromatic nitrogens is 1.